The summed E-state index contributed by atoms with van der Waals surface area (Å²) in [6.07, 6.45) is 10.9. The number of aliphatic hydroxyl groups excluding tert-OH is 1. The molecule has 2 rings (SSSR count). The second kappa shape index (κ2) is 12.3. The van der Waals surface area contributed by atoms with Crippen LogP contribution < -0.4 is 0 Å². The molecule has 0 spiro atoms. The number of carboxylic acids is 1. The van der Waals surface area contributed by atoms with E-state index in [4.69, 9.17) is 5.11 Å². The van der Waals surface area contributed by atoms with Crippen molar-refractivity contribution >= 4 is 11.9 Å². The predicted molar refractivity (Wildman–Crippen MR) is 110 cm³/mol. The lowest BCUT2D eigenvalue weighted by atomic mass is 9.99. The standard InChI is InChI=1S/C23H33NO4/c25-21(16-14-19-9-4-3-5-10-19)17-15-20-11-8-12-22(26)24(20)18-7-2-1-6-13-23(27)28/h3-5,9-10,15,17,20-21,25H,1-2,6-8,11-14,16,18H2,(H,27,28)/t20-,21?/m1/s1. The zero-order valence-corrected chi connectivity index (χ0v) is 16.6. The monoisotopic (exact) mass is 387 g/mol. The third-order valence-corrected chi connectivity index (χ3v) is 5.28. The Kier molecular flexibility index (Phi) is 9.77. The number of aliphatic carboxylic acids is 1. The Labute approximate surface area is 168 Å². The van der Waals surface area contributed by atoms with Gasteiger partial charge in [0.1, 0.15) is 0 Å². The Morgan fingerprint density at radius 2 is 1.93 bits per heavy atom. The fraction of sp³-hybridized carbons (Fsp3) is 0.565. The minimum absolute atomic E-state index is 0.0617. The predicted octanol–water partition coefficient (Wildman–Crippen LogP) is 3.95. The number of piperidine rings is 1. The first-order valence-electron chi connectivity index (χ1n) is 10.5. The highest BCUT2D eigenvalue weighted by Gasteiger charge is 2.25. The molecular formula is C23H33NO4. The number of unbranched alkanes of at least 4 members (excludes halogenated alkanes) is 3. The Morgan fingerprint density at radius 1 is 1.18 bits per heavy atom. The molecule has 0 radical (unpaired) electrons. The summed E-state index contributed by atoms with van der Waals surface area (Å²) in [6, 6.07) is 10.2. The molecule has 0 aliphatic carbocycles. The maximum Gasteiger partial charge on any atom is 0.303 e. The van der Waals surface area contributed by atoms with Gasteiger partial charge in [-0.15, -0.1) is 0 Å². The van der Waals surface area contributed by atoms with Crippen LogP contribution in [0.2, 0.25) is 0 Å². The molecule has 1 aliphatic heterocycles. The van der Waals surface area contributed by atoms with E-state index >= 15 is 0 Å². The molecule has 1 saturated heterocycles. The fourth-order valence-corrected chi connectivity index (χ4v) is 3.66. The van der Waals surface area contributed by atoms with Gasteiger partial charge in [-0.05, 0) is 44.1 Å². The molecule has 1 aromatic carbocycles. The van der Waals surface area contributed by atoms with Crippen LogP contribution in [0.4, 0.5) is 0 Å². The first-order chi connectivity index (χ1) is 13.6. The van der Waals surface area contributed by atoms with E-state index in [1.165, 1.54) is 5.56 Å². The van der Waals surface area contributed by atoms with Crippen LogP contribution in [-0.2, 0) is 16.0 Å². The fourth-order valence-electron chi connectivity index (χ4n) is 3.66. The van der Waals surface area contributed by atoms with Crippen LogP contribution in [0.15, 0.2) is 42.5 Å². The zero-order valence-electron chi connectivity index (χ0n) is 16.6. The summed E-state index contributed by atoms with van der Waals surface area (Å²) in [5.74, 6) is -0.563. The second-order valence-corrected chi connectivity index (χ2v) is 7.58. The number of nitrogens with zero attached hydrogens (tertiary/aromatic N) is 1. The molecular weight excluding hydrogens is 354 g/mol. The first kappa shape index (κ1) is 22.2. The van der Waals surface area contributed by atoms with Gasteiger partial charge in [0.25, 0.3) is 0 Å². The number of aliphatic hydroxyl groups is 1. The summed E-state index contributed by atoms with van der Waals surface area (Å²) in [5.41, 5.74) is 1.22. The van der Waals surface area contributed by atoms with Crippen molar-refractivity contribution in [1.82, 2.24) is 4.90 Å². The second-order valence-electron chi connectivity index (χ2n) is 7.58. The Hall–Kier alpha value is -2.14. The van der Waals surface area contributed by atoms with Crippen LogP contribution >= 0.6 is 0 Å². The number of likely N-dealkylation sites (tertiary alicyclic amines) is 1. The van der Waals surface area contributed by atoms with Crippen molar-refractivity contribution in [3.63, 3.8) is 0 Å². The Balaban J connectivity index is 1.75. The van der Waals surface area contributed by atoms with Gasteiger partial charge in [-0.25, -0.2) is 0 Å². The average molecular weight is 388 g/mol. The van der Waals surface area contributed by atoms with E-state index < -0.39 is 12.1 Å². The van der Waals surface area contributed by atoms with Gasteiger partial charge in [-0.1, -0.05) is 55.3 Å². The summed E-state index contributed by atoms with van der Waals surface area (Å²) in [4.78, 5) is 24.8. The van der Waals surface area contributed by atoms with Gasteiger partial charge in [0.15, 0.2) is 0 Å². The van der Waals surface area contributed by atoms with Crippen molar-refractivity contribution < 1.29 is 19.8 Å². The molecule has 5 heteroatoms. The van der Waals surface area contributed by atoms with Crippen molar-refractivity contribution in [2.45, 2.75) is 76.4 Å². The molecule has 0 saturated carbocycles. The van der Waals surface area contributed by atoms with Crippen LogP contribution in [0.1, 0.15) is 63.4 Å². The van der Waals surface area contributed by atoms with Gasteiger partial charge in [-0.2, -0.15) is 0 Å². The van der Waals surface area contributed by atoms with Crippen LogP contribution in [0, 0.1) is 0 Å². The maximum absolute atomic E-state index is 12.3. The van der Waals surface area contributed by atoms with E-state index in [1.807, 2.05) is 35.3 Å². The summed E-state index contributed by atoms with van der Waals surface area (Å²) >= 11 is 0. The van der Waals surface area contributed by atoms with E-state index in [1.54, 1.807) is 0 Å². The number of aryl methyl sites for hydroxylation is 1. The number of carbonyl (C=O) groups excluding carboxylic acids is 1. The number of amides is 1. The van der Waals surface area contributed by atoms with E-state index in [9.17, 15) is 14.7 Å². The van der Waals surface area contributed by atoms with E-state index in [0.29, 0.717) is 25.8 Å². The molecule has 28 heavy (non-hydrogen) atoms. The lowest BCUT2D eigenvalue weighted by Gasteiger charge is -2.34. The van der Waals surface area contributed by atoms with Crippen molar-refractivity contribution in [3.8, 4) is 0 Å². The molecule has 0 bridgehead atoms. The highest BCUT2D eigenvalue weighted by atomic mass is 16.4. The van der Waals surface area contributed by atoms with Crippen molar-refractivity contribution in [2.24, 2.45) is 0 Å². The molecule has 154 valence electrons. The molecule has 1 heterocycles. The number of carbonyl (C=O) groups is 2. The largest absolute Gasteiger partial charge is 0.481 e. The summed E-state index contributed by atoms with van der Waals surface area (Å²) in [6.45, 7) is 0.709. The molecule has 2 atom stereocenters. The maximum atomic E-state index is 12.3. The van der Waals surface area contributed by atoms with Gasteiger partial charge in [-0.3, -0.25) is 9.59 Å². The lowest BCUT2D eigenvalue weighted by Crippen LogP contribution is -2.43. The Morgan fingerprint density at radius 3 is 2.68 bits per heavy atom. The third-order valence-electron chi connectivity index (χ3n) is 5.28. The van der Waals surface area contributed by atoms with E-state index in [0.717, 1.165) is 38.5 Å². The third kappa shape index (κ3) is 8.26. The van der Waals surface area contributed by atoms with Gasteiger partial charge in [0.2, 0.25) is 5.91 Å². The van der Waals surface area contributed by atoms with Gasteiger partial charge in [0.05, 0.1) is 12.1 Å². The molecule has 1 fully saturated rings. The minimum Gasteiger partial charge on any atom is -0.481 e. The lowest BCUT2D eigenvalue weighted by molar-refractivity contribution is -0.137. The highest BCUT2D eigenvalue weighted by Crippen LogP contribution is 2.21. The number of rotatable bonds is 12. The average Bonchev–Trinajstić information content (AvgIpc) is 2.69. The number of hydrogen-bond acceptors (Lipinski definition) is 3. The topological polar surface area (TPSA) is 77.8 Å². The Bertz CT molecular complexity index is 629. The van der Waals surface area contributed by atoms with Crippen LogP contribution in [0.5, 0.6) is 0 Å². The van der Waals surface area contributed by atoms with E-state index in [-0.39, 0.29) is 18.4 Å². The van der Waals surface area contributed by atoms with Crippen molar-refractivity contribution in [1.29, 1.82) is 0 Å². The molecule has 1 aromatic rings. The van der Waals surface area contributed by atoms with Gasteiger partial charge < -0.3 is 15.1 Å². The molecule has 5 nitrogen and oxygen atoms in total. The van der Waals surface area contributed by atoms with Crippen molar-refractivity contribution in [2.75, 3.05) is 6.54 Å². The number of benzene rings is 1. The molecule has 1 amide bonds. The molecule has 2 N–H and O–H groups in total. The van der Waals surface area contributed by atoms with Crippen LogP contribution in [0.25, 0.3) is 0 Å². The minimum atomic E-state index is -0.748. The van der Waals surface area contributed by atoms with Crippen molar-refractivity contribution in [3.05, 3.63) is 48.0 Å². The summed E-state index contributed by atoms with van der Waals surface area (Å²) in [7, 11) is 0. The quantitative estimate of drug-likeness (QED) is 0.420. The SMILES string of the molecule is O=C(O)CCCCCCN1C(=O)CCC[C@@H]1C=CC(O)CCc1ccccc1. The number of carboxylic acid groups (broad SMARTS) is 1. The van der Waals surface area contributed by atoms with E-state index in [2.05, 4.69) is 12.1 Å². The van der Waals surface area contributed by atoms with Crippen LogP contribution in [-0.4, -0.2) is 45.7 Å². The smallest absolute Gasteiger partial charge is 0.303 e. The summed E-state index contributed by atoms with van der Waals surface area (Å²) < 4.78 is 0. The highest BCUT2D eigenvalue weighted by molar-refractivity contribution is 5.77. The normalized spacial score (nSPS) is 18.5. The van der Waals surface area contributed by atoms with Gasteiger partial charge >= 0.3 is 5.97 Å². The first-order valence-corrected chi connectivity index (χ1v) is 10.5. The van der Waals surface area contributed by atoms with Gasteiger partial charge in [0, 0.05) is 19.4 Å². The summed E-state index contributed by atoms with van der Waals surface area (Å²) in [5, 5.41) is 18.9. The molecule has 1 unspecified atom stereocenters. The molecule has 1 aliphatic rings. The zero-order chi connectivity index (χ0) is 20.2. The molecule has 0 aromatic heterocycles. The number of hydrogen-bond donors (Lipinski definition) is 2. The van der Waals surface area contributed by atoms with Crippen LogP contribution in [0.3, 0.4) is 0 Å².